The minimum absolute atomic E-state index is 0.242. The van der Waals surface area contributed by atoms with Crippen molar-refractivity contribution in [2.75, 3.05) is 18.4 Å². The molecule has 2 aromatic heterocycles. The molecule has 1 unspecified atom stereocenters. The Morgan fingerprint density at radius 1 is 1.28 bits per heavy atom. The first kappa shape index (κ1) is 24.9. The number of thiazole rings is 1. The van der Waals surface area contributed by atoms with Crippen molar-refractivity contribution in [3.8, 4) is 0 Å². The van der Waals surface area contributed by atoms with Crippen molar-refractivity contribution in [3.05, 3.63) is 57.7 Å². The summed E-state index contributed by atoms with van der Waals surface area (Å²) in [6.07, 6.45) is 10.3. The molecule has 3 N–H and O–H groups in total. The molecule has 0 fully saturated rings. The number of aliphatic imine (C=N–C) groups is 1. The summed E-state index contributed by atoms with van der Waals surface area (Å²) in [5.74, 6) is 0.984. The summed E-state index contributed by atoms with van der Waals surface area (Å²) in [6.45, 7) is 9.10. The van der Waals surface area contributed by atoms with E-state index >= 15 is 0 Å². The lowest BCUT2D eigenvalue weighted by atomic mass is 10.2. The number of anilines is 1. The summed E-state index contributed by atoms with van der Waals surface area (Å²) in [7, 11) is 0. The van der Waals surface area contributed by atoms with Gasteiger partial charge in [0.1, 0.15) is 28.7 Å². The van der Waals surface area contributed by atoms with Gasteiger partial charge in [0.15, 0.2) is 6.29 Å². The summed E-state index contributed by atoms with van der Waals surface area (Å²) in [5, 5.41) is 9.89. The van der Waals surface area contributed by atoms with Gasteiger partial charge in [-0.25, -0.2) is 19.9 Å². The normalized spacial score (nSPS) is 13.1. The largest absolute Gasteiger partial charge is 0.369 e. The molecule has 170 valence electrons. The second-order valence-corrected chi connectivity index (χ2v) is 7.97. The van der Waals surface area contributed by atoms with Gasteiger partial charge in [-0.05, 0) is 39.3 Å². The molecule has 9 nitrogen and oxygen atoms in total. The number of hydrogen-bond donors (Lipinski definition) is 3. The van der Waals surface area contributed by atoms with Gasteiger partial charge in [-0.15, -0.1) is 11.3 Å². The van der Waals surface area contributed by atoms with E-state index < -0.39 is 0 Å². The Morgan fingerprint density at radius 2 is 2.09 bits per heavy atom. The fourth-order valence-corrected chi connectivity index (χ4v) is 3.17. The van der Waals surface area contributed by atoms with Gasteiger partial charge in [-0.1, -0.05) is 12.5 Å². The van der Waals surface area contributed by atoms with Crippen molar-refractivity contribution in [1.82, 2.24) is 25.6 Å². The number of nitrogens with one attached hydrogen (secondary N) is 3. The third-order valence-corrected chi connectivity index (χ3v) is 5.52. The van der Waals surface area contributed by atoms with Crippen LogP contribution in [0.1, 0.15) is 65.3 Å². The molecule has 0 aliphatic heterocycles. The fraction of sp³-hybridized carbons (Fsp3) is 0.364. The summed E-state index contributed by atoms with van der Waals surface area (Å²) in [5.41, 5.74) is 1.51. The van der Waals surface area contributed by atoms with E-state index in [9.17, 15) is 9.59 Å². The third-order valence-electron chi connectivity index (χ3n) is 4.42. The average molecular weight is 456 g/mol. The Hall–Kier alpha value is -3.40. The monoisotopic (exact) mass is 455 g/mol. The van der Waals surface area contributed by atoms with Gasteiger partial charge in [-0.3, -0.25) is 9.59 Å². The highest BCUT2D eigenvalue weighted by atomic mass is 32.1. The number of aldehydes is 1. The SMILES string of the molecule is C\C=C(/N=C\C=C(/C)CC)NCCNc1cc(C(=O)NC(C)c2ncc(C=O)s2)ncn1. The molecule has 0 saturated heterocycles. The minimum Gasteiger partial charge on any atom is -0.369 e. The molecule has 1 amide bonds. The summed E-state index contributed by atoms with van der Waals surface area (Å²) in [4.78, 5) is 40.6. The molecule has 0 bridgehead atoms. The van der Waals surface area contributed by atoms with Crippen LogP contribution in [0.25, 0.3) is 0 Å². The quantitative estimate of drug-likeness (QED) is 0.254. The van der Waals surface area contributed by atoms with Crippen LogP contribution in [-0.4, -0.2) is 46.4 Å². The van der Waals surface area contributed by atoms with Gasteiger partial charge in [0.05, 0.1) is 10.9 Å². The van der Waals surface area contributed by atoms with Crippen LogP contribution >= 0.6 is 11.3 Å². The van der Waals surface area contributed by atoms with Crippen LogP contribution in [0, 0.1) is 0 Å². The molecule has 2 heterocycles. The Labute approximate surface area is 192 Å². The van der Waals surface area contributed by atoms with E-state index in [1.165, 1.54) is 29.4 Å². The molecular weight excluding hydrogens is 426 g/mol. The number of hydrogen-bond acceptors (Lipinski definition) is 9. The fourth-order valence-electron chi connectivity index (χ4n) is 2.43. The molecule has 0 aliphatic rings. The second kappa shape index (κ2) is 13.1. The van der Waals surface area contributed by atoms with Crippen molar-refractivity contribution in [2.24, 2.45) is 4.99 Å². The first-order chi connectivity index (χ1) is 15.5. The van der Waals surface area contributed by atoms with Crippen molar-refractivity contribution >= 4 is 35.6 Å². The maximum absolute atomic E-state index is 12.5. The van der Waals surface area contributed by atoms with Gasteiger partial charge in [0, 0.05) is 31.6 Å². The summed E-state index contributed by atoms with van der Waals surface area (Å²) in [6, 6.07) is 1.25. The Morgan fingerprint density at radius 3 is 2.78 bits per heavy atom. The molecule has 32 heavy (non-hydrogen) atoms. The number of nitrogens with zero attached hydrogens (tertiary/aromatic N) is 4. The molecule has 1 atom stereocenters. The topological polar surface area (TPSA) is 121 Å². The molecule has 0 saturated carbocycles. The third kappa shape index (κ3) is 8.03. The molecule has 10 heteroatoms. The Kier molecular flexibility index (Phi) is 10.2. The zero-order chi connectivity index (χ0) is 23.3. The Balaban J connectivity index is 1.84. The molecule has 0 radical (unpaired) electrons. The highest BCUT2D eigenvalue weighted by Crippen LogP contribution is 2.19. The first-order valence-electron chi connectivity index (χ1n) is 10.3. The number of carbonyl (C=O) groups excluding carboxylic acids is 2. The molecule has 2 rings (SSSR count). The molecule has 0 spiro atoms. The molecule has 0 aromatic carbocycles. The Bertz CT molecular complexity index is 998. The number of rotatable bonds is 12. The average Bonchev–Trinajstić information content (AvgIpc) is 3.30. The summed E-state index contributed by atoms with van der Waals surface area (Å²) < 4.78 is 0. The van der Waals surface area contributed by atoms with Gasteiger partial charge in [0.25, 0.3) is 5.91 Å². The summed E-state index contributed by atoms with van der Waals surface area (Å²) >= 11 is 1.24. The van der Waals surface area contributed by atoms with E-state index in [0.29, 0.717) is 28.8 Å². The van der Waals surface area contributed by atoms with Gasteiger partial charge >= 0.3 is 0 Å². The zero-order valence-corrected chi connectivity index (χ0v) is 19.6. The van der Waals surface area contributed by atoms with Crippen molar-refractivity contribution in [3.63, 3.8) is 0 Å². The van der Waals surface area contributed by atoms with E-state index in [1.54, 1.807) is 19.2 Å². The van der Waals surface area contributed by atoms with E-state index in [0.717, 1.165) is 18.5 Å². The van der Waals surface area contributed by atoms with Gasteiger partial charge in [0.2, 0.25) is 0 Å². The van der Waals surface area contributed by atoms with Crippen LogP contribution in [0.5, 0.6) is 0 Å². The van der Waals surface area contributed by atoms with E-state index in [4.69, 9.17) is 0 Å². The van der Waals surface area contributed by atoms with Crippen molar-refractivity contribution in [1.29, 1.82) is 0 Å². The lowest BCUT2D eigenvalue weighted by molar-refractivity contribution is 0.0934. The highest BCUT2D eigenvalue weighted by Gasteiger charge is 2.16. The van der Waals surface area contributed by atoms with Gasteiger partial charge < -0.3 is 16.0 Å². The zero-order valence-electron chi connectivity index (χ0n) is 18.8. The molecule has 2 aromatic rings. The highest BCUT2D eigenvalue weighted by molar-refractivity contribution is 7.13. The predicted molar refractivity (Wildman–Crippen MR) is 128 cm³/mol. The van der Waals surface area contributed by atoms with Gasteiger partial charge in [-0.2, -0.15) is 0 Å². The maximum atomic E-state index is 12.5. The lowest BCUT2D eigenvalue weighted by Gasteiger charge is -2.12. The number of amides is 1. The number of aromatic nitrogens is 3. The van der Waals surface area contributed by atoms with E-state index in [1.807, 2.05) is 19.1 Å². The van der Waals surface area contributed by atoms with Crippen LogP contribution < -0.4 is 16.0 Å². The van der Waals surface area contributed by atoms with Crippen LogP contribution in [-0.2, 0) is 0 Å². The number of allylic oxidation sites excluding steroid dienone is 3. The van der Waals surface area contributed by atoms with Crippen molar-refractivity contribution in [2.45, 2.75) is 40.2 Å². The van der Waals surface area contributed by atoms with E-state index in [-0.39, 0.29) is 17.6 Å². The predicted octanol–water partition coefficient (Wildman–Crippen LogP) is 3.53. The molecular formula is C22H29N7O2S. The standard InChI is InChI=1S/C22H29N7O2S/c1-5-15(3)7-8-23-19(6-2)24-9-10-25-20-11-18(27-14-28-20)21(31)29-16(4)22-26-12-17(13-30)32-22/h6-8,11-14,16,24H,5,9-10H2,1-4H3,(H,29,31)(H,25,27,28)/b15-7+,19-6+,23-8-. The van der Waals surface area contributed by atoms with Crippen LogP contribution in [0.2, 0.25) is 0 Å². The van der Waals surface area contributed by atoms with Crippen LogP contribution in [0.4, 0.5) is 5.82 Å². The smallest absolute Gasteiger partial charge is 0.270 e. The minimum atomic E-state index is -0.343. The maximum Gasteiger partial charge on any atom is 0.270 e. The number of carbonyl (C=O) groups is 2. The van der Waals surface area contributed by atoms with Crippen LogP contribution in [0.3, 0.4) is 0 Å². The lowest BCUT2D eigenvalue weighted by Crippen LogP contribution is -2.27. The van der Waals surface area contributed by atoms with Crippen molar-refractivity contribution < 1.29 is 9.59 Å². The van der Waals surface area contributed by atoms with E-state index in [2.05, 4.69) is 49.7 Å². The first-order valence-corrected chi connectivity index (χ1v) is 11.2. The van der Waals surface area contributed by atoms with Crippen LogP contribution in [0.15, 0.2) is 47.1 Å². The molecule has 0 aliphatic carbocycles. The second-order valence-electron chi connectivity index (χ2n) is 6.87.